The van der Waals surface area contributed by atoms with Crippen LogP contribution in [-0.2, 0) is 0 Å². The summed E-state index contributed by atoms with van der Waals surface area (Å²) in [5.41, 5.74) is 0.320. The van der Waals surface area contributed by atoms with Gasteiger partial charge in [-0.15, -0.1) is 0 Å². The zero-order valence-electron chi connectivity index (χ0n) is 6.86. The Morgan fingerprint density at radius 3 is 2.70 bits per heavy atom. The Hall–Kier alpha value is -0.730. The third-order valence-electron chi connectivity index (χ3n) is 1.64. The van der Waals surface area contributed by atoms with Crippen molar-refractivity contribution in [2.45, 2.75) is 13.8 Å². The molecular formula is C7H15N3. The second-order valence-corrected chi connectivity index (χ2v) is 3.43. The Morgan fingerprint density at radius 1 is 1.60 bits per heavy atom. The third kappa shape index (κ3) is 1.62. The van der Waals surface area contributed by atoms with Gasteiger partial charge < -0.3 is 10.6 Å². The van der Waals surface area contributed by atoms with E-state index in [-0.39, 0.29) is 0 Å². The first-order valence-electron chi connectivity index (χ1n) is 3.60. The highest BCUT2D eigenvalue weighted by atomic mass is 15.2. The van der Waals surface area contributed by atoms with Crippen molar-refractivity contribution < 1.29 is 0 Å². The fourth-order valence-electron chi connectivity index (χ4n) is 0.895. The van der Waals surface area contributed by atoms with Crippen LogP contribution in [0.15, 0.2) is 4.99 Å². The van der Waals surface area contributed by atoms with Gasteiger partial charge in [-0.1, -0.05) is 13.8 Å². The molecule has 0 aromatic rings. The molecule has 10 heavy (non-hydrogen) atoms. The Labute approximate surface area is 61.9 Å². The monoisotopic (exact) mass is 141 g/mol. The maximum atomic E-state index is 4.30. The SMILES string of the molecule is CNC1=NCC(C)(C)CN1. The minimum Gasteiger partial charge on any atom is -0.359 e. The van der Waals surface area contributed by atoms with Crippen LogP contribution in [0.3, 0.4) is 0 Å². The van der Waals surface area contributed by atoms with Gasteiger partial charge in [0.2, 0.25) is 0 Å². The largest absolute Gasteiger partial charge is 0.359 e. The highest BCUT2D eigenvalue weighted by molar-refractivity contribution is 5.80. The lowest BCUT2D eigenvalue weighted by Crippen LogP contribution is -2.46. The summed E-state index contributed by atoms with van der Waals surface area (Å²) < 4.78 is 0. The van der Waals surface area contributed by atoms with Crippen LogP contribution in [0.5, 0.6) is 0 Å². The number of aliphatic imine (C=N–C) groups is 1. The fraction of sp³-hybridized carbons (Fsp3) is 0.857. The van der Waals surface area contributed by atoms with Gasteiger partial charge in [0, 0.05) is 25.6 Å². The summed E-state index contributed by atoms with van der Waals surface area (Å²) in [5, 5.41) is 6.18. The number of rotatable bonds is 0. The molecule has 0 atom stereocenters. The van der Waals surface area contributed by atoms with Crippen molar-refractivity contribution in [2.24, 2.45) is 10.4 Å². The minimum atomic E-state index is 0.320. The van der Waals surface area contributed by atoms with E-state index in [4.69, 9.17) is 0 Å². The molecule has 0 aliphatic carbocycles. The van der Waals surface area contributed by atoms with Gasteiger partial charge in [0.25, 0.3) is 0 Å². The van der Waals surface area contributed by atoms with E-state index in [9.17, 15) is 0 Å². The van der Waals surface area contributed by atoms with E-state index in [1.807, 2.05) is 7.05 Å². The number of hydrogen-bond donors (Lipinski definition) is 2. The maximum Gasteiger partial charge on any atom is 0.191 e. The van der Waals surface area contributed by atoms with E-state index in [0.717, 1.165) is 19.0 Å². The molecule has 0 radical (unpaired) electrons. The summed E-state index contributed by atoms with van der Waals surface area (Å²) in [5.74, 6) is 0.916. The molecular weight excluding hydrogens is 126 g/mol. The first-order chi connectivity index (χ1) is 4.64. The first-order valence-corrected chi connectivity index (χ1v) is 3.60. The van der Waals surface area contributed by atoms with Crippen molar-refractivity contribution in [2.75, 3.05) is 20.1 Å². The highest BCUT2D eigenvalue weighted by Crippen LogP contribution is 2.15. The van der Waals surface area contributed by atoms with E-state index in [0.29, 0.717) is 5.41 Å². The van der Waals surface area contributed by atoms with Gasteiger partial charge in [0.15, 0.2) is 5.96 Å². The third-order valence-corrected chi connectivity index (χ3v) is 1.64. The number of hydrogen-bond acceptors (Lipinski definition) is 3. The normalized spacial score (nSPS) is 22.9. The minimum absolute atomic E-state index is 0.320. The van der Waals surface area contributed by atoms with Crippen molar-refractivity contribution in [1.82, 2.24) is 10.6 Å². The highest BCUT2D eigenvalue weighted by Gasteiger charge is 2.21. The molecule has 3 heteroatoms. The summed E-state index contributed by atoms with van der Waals surface area (Å²) >= 11 is 0. The van der Waals surface area contributed by atoms with Crippen molar-refractivity contribution in [3.05, 3.63) is 0 Å². The van der Waals surface area contributed by atoms with Gasteiger partial charge in [0.05, 0.1) is 0 Å². The molecule has 0 saturated heterocycles. The van der Waals surface area contributed by atoms with E-state index in [1.165, 1.54) is 0 Å². The Kier molecular flexibility index (Phi) is 1.83. The molecule has 0 aromatic carbocycles. The lowest BCUT2D eigenvalue weighted by Gasteiger charge is -2.28. The van der Waals surface area contributed by atoms with Crippen LogP contribution in [0.4, 0.5) is 0 Å². The van der Waals surface area contributed by atoms with Crippen LogP contribution in [0, 0.1) is 5.41 Å². The summed E-state index contributed by atoms with van der Waals surface area (Å²) in [4.78, 5) is 4.30. The second kappa shape index (κ2) is 2.48. The maximum absolute atomic E-state index is 4.30. The van der Waals surface area contributed by atoms with Gasteiger partial charge in [0.1, 0.15) is 0 Å². The molecule has 0 unspecified atom stereocenters. The Bertz CT molecular complexity index is 149. The zero-order chi connectivity index (χ0) is 7.61. The van der Waals surface area contributed by atoms with E-state index >= 15 is 0 Å². The number of nitrogens with one attached hydrogen (secondary N) is 2. The summed E-state index contributed by atoms with van der Waals surface area (Å²) in [6.07, 6.45) is 0. The summed E-state index contributed by atoms with van der Waals surface area (Å²) in [6.45, 7) is 6.33. The number of guanidine groups is 1. The molecule has 3 nitrogen and oxygen atoms in total. The van der Waals surface area contributed by atoms with Crippen LogP contribution in [0.25, 0.3) is 0 Å². The molecule has 2 N–H and O–H groups in total. The van der Waals surface area contributed by atoms with E-state index in [2.05, 4.69) is 29.5 Å². The topological polar surface area (TPSA) is 36.4 Å². The smallest absolute Gasteiger partial charge is 0.191 e. The molecule has 1 aliphatic heterocycles. The quantitative estimate of drug-likeness (QED) is 0.505. The predicted molar refractivity (Wildman–Crippen MR) is 43.1 cm³/mol. The van der Waals surface area contributed by atoms with Gasteiger partial charge in [-0.2, -0.15) is 0 Å². The van der Waals surface area contributed by atoms with Gasteiger partial charge in [-0.05, 0) is 0 Å². The lowest BCUT2D eigenvalue weighted by atomic mass is 9.93. The molecule has 0 saturated carbocycles. The molecule has 0 aromatic heterocycles. The van der Waals surface area contributed by atoms with Crippen LogP contribution < -0.4 is 10.6 Å². The molecule has 0 fully saturated rings. The number of nitrogens with zero attached hydrogens (tertiary/aromatic N) is 1. The first kappa shape index (κ1) is 7.38. The van der Waals surface area contributed by atoms with Crippen molar-refractivity contribution in [3.8, 4) is 0 Å². The van der Waals surface area contributed by atoms with Crippen molar-refractivity contribution in [1.29, 1.82) is 0 Å². The van der Waals surface area contributed by atoms with Crippen LogP contribution in [0.1, 0.15) is 13.8 Å². The van der Waals surface area contributed by atoms with Crippen LogP contribution >= 0.6 is 0 Å². The molecule has 1 aliphatic rings. The lowest BCUT2D eigenvalue weighted by molar-refractivity contribution is 0.359. The second-order valence-electron chi connectivity index (χ2n) is 3.43. The van der Waals surface area contributed by atoms with E-state index < -0.39 is 0 Å². The van der Waals surface area contributed by atoms with Gasteiger partial charge in [-0.3, -0.25) is 4.99 Å². The molecule has 0 amide bonds. The standard InChI is InChI=1S/C7H15N3/c1-7(2)4-9-6(8-3)10-5-7/h4-5H2,1-3H3,(H2,8,9,10). The van der Waals surface area contributed by atoms with Gasteiger partial charge >= 0.3 is 0 Å². The Balaban J connectivity index is 2.52. The van der Waals surface area contributed by atoms with Crippen LogP contribution in [0.2, 0.25) is 0 Å². The average molecular weight is 141 g/mol. The fourth-order valence-corrected chi connectivity index (χ4v) is 0.895. The summed E-state index contributed by atoms with van der Waals surface area (Å²) in [6, 6.07) is 0. The van der Waals surface area contributed by atoms with E-state index in [1.54, 1.807) is 0 Å². The van der Waals surface area contributed by atoms with Crippen molar-refractivity contribution in [3.63, 3.8) is 0 Å². The predicted octanol–water partition coefficient (Wildman–Crippen LogP) is 0.191. The van der Waals surface area contributed by atoms with Crippen molar-refractivity contribution >= 4 is 5.96 Å². The molecule has 1 rings (SSSR count). The Morgan fingerprint density at radius 2 is 2.30 bits per heavy atom. The van der Waals surface area contributed by atoms with Gasteiger partial charge in [-0.25, -0.2) is 0 Å². The average Bonchev–Trinajstić information content (AvgIpc) is 1.88. The molecule has 58 valence electrons. The molecule has 0 spiro atoms. The van der Waals surface area contributed by atoms with Crippen LogP contribution in [-0.4, -0.2) is 26.1 Å². The zero-order valence-corrected chi connectivity index (χ0v) is 6.86. The molecule has 0 bridgehead atoms. The summed E-state index contributed by atoms with van der Waals surface area (Å²) in [7, 11) is 1.88. The molecule has 1 heterocycles.